The minimum atomic E-state index is -0.126. The third-order valence-corrected chi connectivity index (χ3v) is 4.38. The molecule has 0 spiro atoms. The van der Waals surface area contributed by atoms with Crippen molar-refractivity contribution >= 4 is 23.4 Å². The van der Waals surface area contributed by atoms with Crippen LogP contribution in [-0.4, -0.2) is 36.3 Å². The molecule has 0 atom stereocenters. The van der Waals surface area contributed by atoms with E-state index in [0.29, 0.717) is 24.5 Å². The summed E-state index contributed by atoms with van der Waals surface area (Å²) < 4.78 is 0. The van der Waals surface area contributed by atoms with Crippen LogP contribution in [0.15, 0.2) is 54.6 Å². The van der Waals surface area contributed by atoms with Gasteiger partial charge in [-0.1, -0.05) is 54.1 Å². The molecule has 0 radical (unpaired) electrons. The average Bonchev–Trinajstić information content (AvgIpc) is 2.63. The number of carbonyl (C=O) groups excluding carboxylic acids is 2. The summed E-state index contributed by atoms with van der Waals surface area (Å²) in [7, 11) is 0. The zero-order valence-electron chi connectivity index (χ0n) is 15.1. The van der Waals surface area contributed by atoms with Crippen molar-refractivity contribution in [2.24, 2.45) is 0 Å². The van der Waals surface area contributed by atoms with Crippen LogP contribution in [0.3, 0.4) is 0 Å². The number of rotatable bonds is 9. The van der Waals surface area contributed by atoms with Crippen LogP contribution >= 0.6 is 11.6 Å². The van der Waals surface area contributed by atoms with Crippen molar-refractivity contribution in [3.05, 3.63) is 70.7 Å². The van der Waals surface area contributed by atoms with Gasteiger partial charge in [-0.3, -0.25) is 9.59 Å². The van der Waals surface area contributed by atoms with E-state index in [0.717, 1.165) is 18.4 Å². The highest BCUT2D eigenvalue weighted by Gasteiger charge is 2.13. The fourth-order valence-electron chi connectivity index (χ4n) is 2.70. The van der Waals surface area contributed by atoms with Gasteiger partial charge in [-0.25, -0.2) is 0 Å². The summed E-state index contributed by atoms with van der Waals surface area (Å²) in [6.45, 7) is 2.67. The largest absolute Gasteiger partial charge is 0.355 e. The molecule has 4 nitrogen and oxygen atoms in total. The second-order valence-electron chi connectivity index (χ2n) is 6.26. The van der Waals surface area contributed by atoms with E-state index in [9.17, 15) is 9.59 Å². The summed E-state index contributed by atoms with van der Waals surface area (Å²) in [4.78, 5) is 25.5. The molecule has 5 heteroatoms. The molecule has 0 heterocycles. The van der Waals surface area contributed by atoms with Crippen molar-refractivity contribution in [2.45, 2.75) is 26.2 Å². The standard InChI is InChI=1S/C21H25ClN2O2/c1-17(25)24(14-12-19-9-5-11-20(22)15-19)16-21(26)23-13-6-10-18-7-3-2-4-8-18/h2-5,7-9,11,15H,6,10,12-14,16H2,1H3,(H,23,26). The Kier molecular flexibility index (Phi) is 8.16. The lowest BCUT2D eigenvalue weighted by Gasteiger charge is -2.20. The minimum absolute atomic E-state index is 0.0846. The van der Waals surface area contributed by atoms with E-state index in [1.165, 1.54) is 12.5 Å². The van der Waals surface area contributed by atoms with Crippen molar-refractivity contribution in [1.82, 2.24) is 10.2 Å². The van der Waals surface area contributed by atoms with Crippen LogP contribution in [0, 0.1) is 0 Å². The molecule has 0 aliphatic rings. The number of carbonyl (C=O) groups is 2. The first-order valence-electron chi connectivity index (χ1n) is 8.85. The fourth-order valence-corrected chi connectivity index (χ4v) is 2.91. The number of hydrogen-bond donors (Lipinski definition) is 1. The zero-order valence-corrected chi connectivity index (χ0v) is 15.8. The zero-order chi connectivity index (χ0) is 18.8. The molecule has 0 fully saturated rings. The minimum Gasteiger partial charge on any atom is -0.355 e. The number of halogens is 1. The average molecular weight is 373 g/mol. The van der Waals surface area contributed by atoms with Gasteiger partial charge in [0, 0.05) is 25.0 Å². The molecule has 26 heavy (non-hydrogen) atoms. The molecule has 2 amide bonds. The van der Waals surface area contributed by atoms with E-state index in [2.05, 4.69) is 17.4 Å². The van der Waals surface area contributed by atoms with Gasteiger partial charge in [0.2, 0.25) is 11.8 Å². The molecule has 0 aromatic heterocycles. The summed E-state index contributed by atoms with van der Waals surface area (Å²) in [6, 6.07) is 17.7. The Labute approximate surface area is 160 Å². The van der Waals surface area contributed by atoms with Gasteiger partial charge >= 0.3 is 0 Å². The Morgan fingerprint density at radius 3 is 2.42 bits per heavy atom. The van der Waals surface area contributed by atoms with Crippen LogP contribution in [0.4, 0.5) is 0 Å². The number of aryl methyl sites for hydroxylation is 1. The third-order valence-electron chi connectivity index (χ3n) is 4.15. The molecule has 0 aliphatic carbocycles. The first kappa shape index (κ1) is 20.0. The number of benzene rings is 2. The molecule has 1 N–H and O–H groups in total. The van der Waals surface area contributed by atoms with Gasteiger partial charge in [-0.15, -0.1) is 0 Å². The van der Waals surface area contributed by atoms with Gasteiger partial charge in [0.15, 0.2) is 0 Å². The van der Waals surface area contributed by atoms with Crippen molar-refractivity contribution in [3.63, 3.8) is 0 Å². The molecule has 0 saturated carbocycles. The van der Waals surface area contributed by atoms with Gasteiger partial charge in [-0.05, 0) is 42.5 Å². The molecule has 2 rings (SSSR count). The lowest BCUT2D eigenvalue weighted by Crippen LogP contribution is -2.41. The number of nitrogens with zero attached hydrogens (tertiary/aromatic N) is 1. The quantitative estimate of drug-likeness (QED) is 0.685. The maximum absolute atomic E-state index is 12.1. The van der Waals surface area contributed by atoms with Crippen molar-refractivity contribution < 1.29 is 9.59 Å². The molecule has 0 aliphatic heterocycles. The molecule has 2 aromatic rings. The Bertz CT molecular complexity index is 719. The Hall–Kier alpha value is -2.33. The monoisotopic (exact) mass is 372 g/mol. The molecule has 138 valence electrons. The van der Waals surface area contributed by atoms with Crippen LogP contribution < -0.4 is 5.32 Å². The van der Waals surface area contributed by atoms with E-state index >= 15 is 0 Å². The fraction of sp³-hybridized carbons (Fsp3) is 0.333. The number of amides is 2. The highest BCUT2D eigenvalue weighted by Crippen LogP contribution is 2.11. The number of nitrogens with one attached hydrogen (secondary N) is 1. The molecular weight excluding hydrogens is 348 g/mol. The van der Waals surface area contributed by atoms with Gasteiger partial charge in [0.05, 0.1) is 6.54 Å². The van der Waals surface area contributed by atoms with Gasteiger partial charge < -0.3 is 10.2 Å². The third kappa shape index (κ3) is 7.28. The van der Waals surface area contributed by atoms with Crippen LogP contribution in [-0.2, 0) is 22.4 Å². The predicted molar refractivity (Wildman–Crippen MR) is 105 cm³/mol. The maximum Gasteiger partial charge on any atom is 0.239 e. The first-order chi connectivity index (χ1) is 12.5. The second kappa shape index (κ2) is 10.6. The van der Waals surface area contributed by atoms with Crippen molar-refractivity contribution in [1.29, 1.82) is 0 Å². The van der Waals surface area contributed by atoms with Gasteiger partial charge in [0.25, 0.3) is 0 Å². The van der Waals surface area contributed by atoms with E-state index < -0.39 is 0 Å². The van der Waals surface area contributed by atoms with E-state index in [4.69, 9.17) is 11.6 Å². The topological polar surface area (TPSA) is 49.4 Å². The summed E-state index contributed by atoms with van der Waals surface area (Å²) >= 11 is 5.98. The van der Waals surface area contributed by atoms with Crippen LogP contribution in [0.2, 0.25) is 5.02 Å². The van der Waals surface area contributed by atoms with Crippen LogP contribution in [0.5, 0.6) is 0 Å². The molecule has 0 unspecified atom stereocenters. The Morgan fingerprint density at radius 2 is 1.73 bits per heavy atom. The van der Waals surface area contributed by atoms with Gasteiger partial charge in [0.1, 0.15) is 0 Å². The number of hydrogen-bond acceptors (Lipinski definition) is 2. The highest BCUT2D eigenvalue weighted by atomic mass is 35.5. The van der Waals surface area contributed by atoms with Crippen LogP contribution in [0.1, 0.15) is 24.5 Å². The summed E-state index contributed by atoms with van der Waals surface area (Å²) in [5, 5.41) is 3.57. The van der Waals surface area contributed by atoms with E-state index in [1.54, 1.807) is 4.90 Å². The normalized spacial score (nSPS) is 10.4. The second-order valence-corrected chi connectivity index (χ2v) is 6.70. The lowest BCUT2D eigenvalue weighted by atomic mass is 10.1. The van der Waals surface area contributed by atoms with Gasteiger partial charge in [-0.2, -0.15) is 0 Å². The van der Waals surface area contributed by atoms with Crippen molar-refractivity contribution in [3.8, 4) is 0 Å². The molecule has 0 saturated heterocycles. The molecule has 0 bridgehead atoms. The van der Waals surface area contributed by atoms with E-state index in [-0.39, 0.29) is 18.4 Å². The summed E-state index contributed by atoms with van der Waals surface area (Å²) in [5.41, 5.74) is 2.31. The smallest absolute Gasteiger partial charge is 0.239 e. The summed E-state index contributed by atoms with van der Waals surface area (Å²) in [6.07, 6.45) is 2.46. The SMILES string of the molecule is CC(=O)N(CCc1cccc(Cl)c1)CC(=O)NCCCc1ccccc1. The Balaban J connectivity index is 1.72. The predicted octanol–water partition coefficient (Wildman–Crippen LogP) is 3.48. The maximum atomic E-state index is 12.1. The first-order valence-corrected chi connectivity index (χ1v) is 9.23. The summed E-state index contributed by atoms with van der Waals surface area (Å²) in [5.74, 6) is -0.231. The molecular formula is C21H25ClN2O2. The highest BCUT2D eigenvalue weighted by molar-refractivity contribution is 6.30. The van der Waals surface area contributed by atoms with E-state index in [1.807, 2.05) is 42.5 Å². The Morgan fingerprint density at radius 1 is 1.00 bits per heavy atom. The molecule has 2 aromatic carbocycles. The lowest BCUT2D eigenvalue weighted by molar-refractivity contribution is -0.134. The van der Waals surface area contributed by atoms with Crippen LogP contribution in [0.25, 0.3) is 0 Å². The van der Waals surface area contributed by atoms with Crippen molar-refractivity contribution in [2.75, 3.05) is 19.6 Å².